The predicted molar refractivity (Wildman–Crippen MR) is 80.3 cm³/mol. The van der Waals surface area contributed by atoms with E-state index in [-0.39, 0.29) is 11.5 Å². The molecule has 0 unspecified atom stereocenters. The lowest BCUT2D eigenvalue weighted by Gasteiger charge is -2.41. The van der Waals surface area contributed by atoms with Gasteiger partial charge in [0.2, 0.25) is 0 Å². The Bertz CT molecular complexity index is 331. The number of piperidine rings is 1. The molecule has 1 amide bonds. The van der Waals surface area contributed by atoms with Crippen LogP contribution >= 0.6 is 0 Å². The van der Waals surface area contributed by atoms with Gasteiger partial charge in [0.05, 0.1) is 13.2 Å². The number of hydrogen-bond donors (Lipinski definition) is 0. The van der Waals surface area contributed by atoms with Crippen molar-refractivity contribution >= 4 is 6.09 Å². The minimum Gasteiger partial charge on any atom is -0.444 e. The van der Waals surface area contributed by atoms with Crippen LogP contribution in [0.3, 0.4) is 0 Å². The second-order valence-electron chi connectivity index (χ2n) is 7.28. The van der Waals surface area contributed by atoms with Crippen molar-refractivity contribution in [1.82, 2.24) is 4.90 Å². The van der Waals surface area contributed by atoms with E-state index >= 15 is 0 Å². The summed E-state index contributed by atoms with van der Waals surface area (Å²) in [6.07, 6.45) is 3.78. The second kappa shape index (κ2) is 6.97. The van der Waals surface area contributed by atoms with Gasteiger partial charge in [-0.05, 0) is 46.5 Å². The van der Waals surface area contributed by atoms with Gasteiger partial charge in [-0.3, -0.25) is 0 Å². The summed E-state index contributed by atoms with van der Waals surface area (Å²) >= 11 is 0. The molecule has 0 aromatic rings. The number of carbonyl (C=O) groups excluding carboxylic acids is 1. The second-order valence-corrected chi connectivity index (χ2v) is 7.28. The topological polar surface area (TPSA) is 48.0 Å². The third kappa shape index (κ3) is 5.15. The molecule has 122 valence electrons. The van der Waals surface area contributed by atoms with E-state index in [2.05, 4.69) is 0 Å². The van der Waals surface area contributed by atoms with Crippen molar-refractivity contribution in [3.8, 4) is 0 Å². The summed E-state index contributed by atoms with van der Waals surface area (Å²) in [7, 11) is 0. The number of carbonyl (C=O) groups is 1. The number of likely N-dealkylation sites (tertiary alicyclic amines) is 1. The van der Waals surface area contributed by atoms with Crippen molar-refractivity contribution in [2.45, 2.75) is 52.1 Å². The maximum Gasteiger partial charge on any atom is 0.410 e. The lowest BCUT2D eigenvalue weighted by molar-refractivity contribution is -0.0488. The molecule has 0 N–H and O–H groups in total. The van der Waals surface area contributed by atoms with Gasteiger partial charge in [-0.25, -0.2) is 4.79 Å². The first-order valence-corrected chi connectivity index (χ1v) is 8.04. The van der Waals surface area contributed by atoms with Crippen molar-refractivity contribution < 1.29 is 19.0 Å². The zero-order chi connectivity index (χ0) is 15.3. The third-order valence-corrected chi connectivity index (χ3v) is 4.12. The first kappa shape index (κ1) is 16.6. The number of ether oxygens (including phenoxy) is 3. The quantitative estimate of drug-likeness (QED) is 0.690. The zero-order valence-electron chi connectivity index (χ0n) is 13.7. The van der Waals surface area contributed by atoms with Crippen LogP contribution in [0.25, 0.3) is 0 Å². The Balaban J connectivity index is 1.87. The molecule has 0 atom stereocenters. The van der Waals surface area contributed by atoms with Crippen LogP contribution in [0.4, 0.5) is 4.79 Å². The smallest absolute Gasteiger partial charge is 0.410 e. The van der Waals surface area contributed by atoms with Crippen LogP contribution in [0, 0.1) is 5.41 Å². The van der Waals surface area contributed by atoms with Crippen molar-refractivity contribution in [1.29, 1.82) is 0 Å². The van der Waals surface area contributed by atoms with E-state index in [9.17, 15) is 4.79 Å². The van der Waals surface area contributed by atoms with Gasteiger partial charge in [-0.2, -0.15) is 0 Å². The summed E-state index contributed by atoms with van der Waals surface area (Å²) in [6.45, 7) is 10.3. The number of rotatable bonds is 0. The van der Waals surface area contributed by atoms with Gasteiger partial charge in [0.15, 0.2) is 0 Å². The largest absolute Gasteiger partial charge is 0.444 e. The molecule has 0 saturated carbocycles. The standard InChI is InChI=1S/C16H29NO4/c1-15(2,3)21-14(18)17-8-6-16(7-9-17)12-19-10-4-5-11-20-13-16/h4-13H2,1-3H3. The van der Waals surface area contributed by atoms with Crippen LogP contribution in [-0.4, -0.2) is 56.1 Å². The molecule has 5 nitrogen and oxygen atoms in total. The van der Waals surface area contributed by atoms with Crippen molar-refractivity contribution in [2.24, 2.45) is 5.41 Å². The average Bonchev–Trinajstić information content (AvgIpc) is 2.50. The van der Waals surface area contributed by atoms with Gasteiger partial charge in [-0.15, -0.1) is 0 Å². The van der Waals surface area contributed by atoms with Gasteiger partial charge >= 0.3 is 6.09 Å². The van der Waals surface area contributed by atoms with E-state index in [4.69, 9.17) is 14.2 Å². The molecule has 2 saturated heterocycles. The molecule has 0 aliphatic carbocycles. The van der Waals surface area contributed by atoms with Crippen molar-refractivity contribution in [3.63, 3.8) is 0 Å². The monoisotopic (exact) mass is 299 g/mol. The summed E-state index contributed by atoms with van der Waals surface area (Å²) in [5.41, 5.74) is -0.362. The Morgan fingerprint density at radius 1 is 1.05 bits per heavy atom. The highest BCUT2D eigenvalue weighted by molar-refractivity contribution is 5.68. The van der Waals surface area contributed by atoms with E-state index in [1.165, 1.54) is 0 Å². The Hall–Kier alpha value is -0.810. The molecule has 2 heterocycles. The molecule has 0 radical (unpaired) electrons. The van der Waals surface area contributed by atoms with Crippen LogP contribution in [0.1, 0.15) is 46.5 Å². The zero-order valence-corrected chi connectivity index (χ0v) is 13.7. The molecule has 0 aromatic carbocycles. The first-order chi connectivity index (χ1) is 9.90. The number of nitrogens with zero attached hydrogens (tertiary/aromatic N) is 1. The molecular weight excluding hydrogens is 270 g/mol. The van der Waals surface area contributed by atoms with Gasteiger partial charge in [0.25, 0.3) is 0 Å². The summed E-state index contributed by atoms with van der Waals surface area (Å²) in [4.78, 5) is 13.9. The van der Waals surface area contributed by atoms with Crippen LogP contribution in [0.15, 0.2) is 0 Å². The van der Waals surface area contributed by atoms with Gasteiger partial charge in [0, 0.05) is 31.7 Å². The SMILES string of the molecule is CC(C)(C)OC(=O)N1CCC2(CC1)COCCCCOC2. The van der Waals surface area contributed by atoms with Crippen molar-refractivity contribution in [3.05, 3.63) is 0 Å². The van der Waals surface area contributed by atoms with Crippen LogP contribution in [0.2, 0.25) is 0 Å². The predicted octanol–water partition coefficient (Wildman–Crippen LogP) is 2.83. The molecule has 0 aromatic heterocycles. The Morgan fingerprint density at radius 2 is 1.57 bits per heavy atom. The fraction of sp³-hybridized carbons (Fsp3) is 0.938. The molecule has 2 aliphatic heterocycles. The van der Waals surface area contributed by atoms with Gasteiger partial charge < -0.3 is 19.1 Å². The lowest BCUT2D eigenvalue weighted by atomic mass is 9.80. The minimum atomic E-state index is -0.434. The molecule has 21 heavy (non-hydrogen) atoms. The third-order valence-electron chi connectivity index (χ3n) is 4.12. The van der Waals surface area contributed by atoms with E-state index in [0.29, 0.717) is 0 Å². The fourth-order valence-electron chi connectivity index (χ4n) is 2.81. The molecule has 2 rings (SSSR count). The highest BCUT2D eigenvalue weighted by Gasteiger charge is 2.38. The molecule has 0 bridgehead atoms. The minimum absolute atomic E-state index is 0.0723. The van der Waals surface area contributed by atoms with Crippen LogP contribution < -0.4 is 0 Å². The Kier molecular flexibility index (Phi) is 5.49. The molecule has 5 heteroatoms. The number of amides is 1. The molecular formula is C16H29NO4. The van der Waals surface area contributed by atoms with Crippen LogP contribution in [-0.2, 0) is 14.2 Å². The van der Waals surface area contributed by atoms with E-state index in [0.717, 1.165) is 65.2 Å². The van der Waals surface area contributed by atoms with Gasteiger partial charge in [0.1, 0.15) is 5.60 Å². The molecule has 2 aliphatic rings. The average molecular weight is 299 g/mol. The normalized spacial score (nSPS) is 24.0. The molecule has 2 fully saturated rings. The summed E-state index contributed by atoms with van der Waals surface area (Å²) in [6, 6.07) is 0. The highest BCUT2D eigenvalue weighted by Crippen LogP contribution is 2.33. The van der Waals surface area contributed by atoms with Crippen molar-refractivity contribution in [2.75, 3.05) is 39.5 Å². The summed E-state index contributed by atoms with van der Waals surface area (Å²) in [5.74, 6) is 0. The lowest BCUT2D eigenvalue weighted by Crippen LogP contribution is -2.48. The van der Waals surface area contributed by atoms with Gasteiger partial charge in [-0.1, -0.05) is 0 Å². The number of hydrogen-bond acceptors (Lipinski definition) is 4. The van der Waals surface area contributed by atoms with E-state index < -0.39 is 5.60 Å². The summed E-state index contributed by atoms with van der Waals surface area (Å²) < 4.78 is 17.1. The van der Waals surface area contributed by atoms with E-state index in [1.807, 2.05) is 25.7 Å². The Labute approximate surface area is 127 Å². The Morgan fingerprint density at radius 3 is 2.05 bits per heavy atom. The maximum atomic E-state index is 12.1. The highest BCUT2D eigenvalue weighted by atomic mass is 16.6. The first-order valence-electron chi connectivity index (χ1n) is 8.04. The van der Waals surface area contributed by atoms with Crippen LogP contribution in [0.5, 0.6) is 0 Å². The summed E-state index contributed by atoms with van der Waals surface area (Å²) in [5, 5.41) is 0. The van der Waals surface area contributed by atoms with E-state index in [1.54, 1.807) is 0 Å². The fourth-order valence-corrected chi connectivity index (χ4v) is 2.81. The maximum absolute atomic E-state index is 12.1. The molecule has 1 spiro atoms.